The molecule has 18 heavy (non-hydrogen) atoms. The highest BCUT2D eigenvalue weighted by Gasteiger charge is 2.29. The van der Waals surface area contributed by atoms with Crippen LogP contribution in [0.25, 0.3) is 0 Å². The summed E-state index contributed by atoms with van der Waals surface area (Å²) in [6.07, 6.45) is 4.90. The van der Waals surface area contributed by atoms with Gasteiger partial charge < -0.3 is 5.73 Å². The minimum Gasteiger partial charge on any atom is -0.326 e. The zero-order valence-corrected chi connectivity index (χ0v) is 12.0. The second kappa shape index (κ2) is 6.05. The third kappa shape index (κ3) is 2.87. The highest BCUT2D eigenvalue weighted by atomic mass is 35.5. The molecule has 3 atom stereocenters. The van der Waals surface area contributed by atoms with Crippen LogP contribution in [0.1, 0.15) is 44.2 Å². The van der Waals surface area contributed by atoms with Crippen LogP contribution in [-0.2, 0) is 0 Å². The third-order valence-electron chi connectivity index (χ3n) is 4.27. The van der Waals surface area contributed by atoms with Crippen LogP contribution in [0.15, 0.2) is 24.3 Å². The van der Waals surface area contributed by atoms with E-state index in [0.29, 0.717) is 18.1 Å². The first-order valence-electron chi connectivity index (χ1n) is 6.83. The van der Waals surface area contributed by atoms with Crippen molar-refractivity contribution in [1.29, 1.82) is 0 Å². The molecule has 0 aliphatic heterocycles. The number of halogens is 1. The average molecular weight is 267 g/mol. The number of benzene rings is 1. The van der Waals surface area contributed by atoms with Gasteiger partial charge in [-0.05, 0) is 38.4 Å². The van der Waals surface area contributed by atoms with Crippen LogP contribution in [0.2, 0.25) is 5.02 Å². The van der Waals surface area contributed by atoms with Gasteiger partial charge in [0.2, 0.25) is 0 Å². The Labute approximate surface area is 115 Å². The van der Waals surface area contributed by atoms with Crippen LogP contribution in [0, 0.1) is 0 Å². The SMILES string of the molecule is CC(c1ccccc1Cl)N(C)C1CCCCC1N. The second-order valence-corrected chi connectivity index (χ2v) is 5.79. The molecule has 0 saturated heterocycles. The molecular formula is C15H23ClN2. The van der Waals surface area contributed by atoms with Crippen LogP contribution in [-0.4, -0.2) is 24.0 Å². The molecule has 3 heteroatoms. The average Bonchev–Trinajstić information content (AvgIpc) is 2.38. The van der Waals surface area contributed by atoms with Crippen molar-refractivity contribution in [2.75, 3.05) is 7.05 Å². The zero-order chi connectivity index (χ0) is 13.1. The minimum atomic E-state index is 0.300. The summed E-state index contributed by atoms with van der Waals surface area (Å²) in [7, 11) is 2.17. The lowest BCUT2D eigenvalue weighted by molar-refractivity contribution is 0.128. The van der Waals surface area contributed by atoms with Gasteiger partial charge in [-0.3, -0.25) is 4.90 Å². The van der Waals surface area contributed by atoms with Crippen LogP contribution >= 0.6 is 11.6 Å². The van der Waals surface area contributed by atoms with Gasteiger partial charge in [-0.1, -0.05) is 42.6 Å². The molecule has 3 unspecified atom stereocenters. The zero-order valence-electron chi connectivity index (χ0n) is 11.3. The van der Waals surface area contributed by atoms with Crippen molar-refractivity contribution in [3.8, 4) is 0 Å². The predicted octanol–water partition coefficient (Wildman–Crippen LogP) is 3.60. The Hall–Kier alpha value is -0.570. The molecule has 2 nitrogen and oxygen atoms in total. The molecule has 0 aromatic heterocycles. The van der Waals surface area contributed by atoms with Gasteiger partial charge in [0.25, 0.3) is 0 Å². The van der Waals surface area contributed by atoms with Crippen LogP contribution < -0.4 is 5.73 Å². The van der Waals surface area contributed by atoms with Crippen molar-refractivity contribution in [2.45, 2.75) is 50.7 Å². The van der Waals surface area contributed by atoms with Crippen LogP contribution in [0.5, 0.6) is 0 Å². The summed E-state index contributed by atoms with van der Waals surface area (Å²) < 4.78 is 0. The number of hydrogen-bond donors (Lipinski definition) is 1. The van der Waals surface area contributed by atoms with Crippen molar-refractivity contribution in [3.63, 3.8) is 0 Å². The normalized spacial score (nSPS) is 26.3. The van der Waals surface area contributed by atoms with Crippen molar-refractivity contribution < 1.29 is 0 Å². The van der Waals surface area contributed by atoms with E-state index in [4.69, 9.17) is 17.3 Å². The summed E-state index contributed by atoms with van der Waals surface area (Å²) in [6.45, 7) is 2.21. The summed E-state index contributed by atoms with van der Waals surface area (Å²) in [5.74, 6) is 0. The van der Waals surface area contributed by atoms with Crippen molar-refractivity contribution >= 4 is 11.6 Å². The first-order valence-corrected chi connectivity index (χ1v) is 7.21. The topological polar surface area (TPSA) is 29.3 Å². The van der Waals surface area contributed by atoms with Crippen molar-refractivity contribution in [1.82, 2.24) is 4.90 Å². The van der Waals surface area contributed by atoms with Crippen molar-refractivity contribution in [2.24, 2.45) is 5.73 Å². The van der Waals surface area contributed by atoms with Crippen molar-refractivity contribution in [3.05, 3.63) is 34.9 Å². The standard InChI is InChI=1S/C15H23ClN2/c1-11(12-7-3-4-8-13(12)16)18(2)15-10-6-5-9-14(15)17/h3-4,7-8,11,14-15H,5-6,9-10,17H2,1-2H3. The lowest BCUT2D eigenvalue weighted by atomic mass is 9.89. The first-order chi connectivity index (χ1) is 8.61. The largest absolute Gasteiger partial charge is 0.326 e. The number of rotatable bonds is 3. The third-order valence-corrected chi connectivity index (χ3v) is 4.62. The molecule has 1 aliphatic carbocycles. The molecule has 2 N–H and O–H groups in total. The molecule has 0 radical (unpaired) electrons. The molecule has 0 heterocycles. The molecule has 1 fully saturated rings. The van der Waals surface area contributed by atoms with Crippen LogP contribution in [0.3, 0.4) is 0 Å². The quantitative estimate of drug-likeness (QED) is 0.906. The van der Waals surface area contributed by atoms with E-state index in [-0.39, 0.29) is 0 Å². The lowest BCUT2D eigenvalue weighted by Gasteiger charge is -2.39. The second-order valence-electron chi connectivity index (χ2n) is 5.38. The molecule has 2 rings (SSSR count). The fraction of sp³-hybridized carbons (Fsp3) is 0.600. The Balaban J connectivity index is 2.13. The Morgan fingerprint density at radius 2 is 1.94 bits per heavy atom. The van der Waals surface area contributed by atoms with Gasteiger partial charge in [-0.2, -0.15) is 0 Å². The Bertz CT molecular complexity index is 394. The highest BCUT2D eigenvalue weighted by molar-refractivity contribution is 6.31. The first kappa shape index (κ1) is 13.9. The fourth-order valence-electron chi connectivity index (χ4n) is 2.97. The molecule has 1 aromatic rings. The van der Waals surface area contributed by atoms with Gasteiger partial charge >= 0.3 is 0 Å². The van der Waals surface area contributed by atoms with Gasteiger partial charge in [0.05, 0.1) is 0 Å². The van der Waals surface area contributed by atoms with E-state index in [1.165, 1.54) is 24.8 Å². The molecule has 1 aromatic carbocycles. The van der Waals surface area contributed by atoms with Gasteiger partial charge in [-0.15, -0.1) is 0 Å². The van der Waals surface area contributed by atoms with E-state index >= 15 is 0 Å². The van der Waals surface area contributed by atoms with E-state index in [9.17, 15) is 0 Å². The molecule has 0 bridgehead atoms. The molecule has 0 spiro atoms. The number of hydrogen-bond acceptors (Lipinski definition) is 2. The summed E-state index contributed by atoms with van der Waals surface area (Å²) in [5.41, 5.74) is 7.45. The number of likely N-dealkylation sites (N-methyl/N-ethyl adjacent to an activating group) is 1. The highest BCUT2D eigenvalue weighted by Crippen LogP contribution is 2.31. The Morgan fingerprint density at radius 3 is 2.61 bits per heavy atom. The summed E-state index contributed by atoms with van der Waals surface area (Å²) in [6, 6.07) is 9.18. The van der Waals surface area contributed by atoms with Gasteiger partial charge in [0.15, 0.2) is 0 Å². The number of nitrogens with two attached hydrogens (primary N) is 1. The fourth-order valence-corrected chi connectivity index (χ4v) is 3.26. The maximum Gasteiger partial charge on any atom is 0.0453 e. The summed E-state index contributed by atoms with van der Waals surface area (Å²) in [5, 5.41) is 0.848. The maximum absolute atomic E-state index is 6.28. The molecule has 100 valence electrons. The smallest absolute Gasteiger partial charge is 0.0453 e. The number of nitrogens with zero attached hydrogens (tertiary/aromatic N) is 1. The maximum atomic E-state index is 6.28. The molecular weight excluding hydrogens is 244 g/mol. The van der Waals surface area contributed by atoms with E-state index in [1.54, 1.807) is 0 Å². The molecule has 1 aliphatic rings. The lowest BCUT2D eigenvalue weighted by Crippen LogP contribution is -2.48. The Kier molecular flexibility index (Phi) is 4.66. The predicted molar refractivity (Wildman–Crippen MR) is 77.9 cm³/mol. The van der Waals surface area contributed by atoms with Gasteiger partial charge in [0.1, 0.15) is 0 Å². The van der Waals surface area contributed by atoms with E-state index in [0.717, 1.165) is 11.4 Å². The molecule has 0 amide bonds. The van der Waals surface area contributed by atoms with Gasteiger partial charge in [0, 0.05) is 23.1 Å². The summed E-state index contributed by atoms with van der Waals surface area (Å²) in [4.78, 5) is 2.39. The monoisotopic (exact) mass is 266 g/mol. The van der Waals surface area contributed by atoms with Crippen LogP contribution in [0.4, 0.5) is 0 Å². The minimum absolute atomic E-state index is 0.300. The summed E-state index contributed by atoms with van der Waals surface area (Å²) >= 11 is 6.28. The molecule has 1 saturated carbocycles. The van der Waals surface area contributed by atoms with E-state index in [2.05, 4.69) is 24.9 Å². The van der Waals surface area contributed by atoms with Gasteiger partial charge in [-0.25, -0.2) is 0 Å². The van der Waals surface area contributed by atoms with E-state index in [1.807, 2.05) is 18.2 Å². The Morgan fingerprint density at radius 1 is 1.28 bits per heavy atom. The van der Waals surface area contributed by atoms with E-state index < -0.39 is 0 Å².